The number of hydrogen-bond acceptors (Lipinski definition) is 4. The van der Waals surface area contributed by atoms with E-state index in [0.29, 0.717) is 16.6 Å². The van der Waals surface area contributed by atoms with Crippen molar-refractivity contribution in [2.75, 3.05) is 5.32 Å². The van der Waals surface area contributed by atoms with Gasteiger partial charge in [0.1, 0.15) is 11.5 Å². The molecule has 1 aromatic heterocycles. The van der Waals surface area contributed by atoms with Gasteiger partial charge in [0.25, 0.3) is 11.8 Å². The topological polar surface area (TPSA) is 104 Å². The van der Waals surface area contributed by atoms with Crippen LogP contribution in [0.5, 0.6) is 0 Å². The maximum absolute atomic E-state index is 13.6. The van der Waals surface area contributed by atoms with Crippen LogP contribution in [0.2, 0.25) is 5.02 Å². The van der Waals surface area contributed by atoms with Crippen LogP contribution in [-0.2, 0) is 7.05 Å². The number of halogens is 2. The number of benzene rings is 2. The third kappa shape index (κ3) is 2.76. The molecular weight excluding hydrogens is 397 g/mol. The van der Waals surface area contributed by atoms with E-state index in [9.17, 15) is 23.1 Å². The maximum atomic E-state index is 13.6. The number of aromatic nitrogens is 1. The SMILES string of the molecule is Cn1c(C(=O)Nc2ccc3c(c2)C(=O)NS3(O)O)cc2c(Cl)c(F)ccc21. The Labute approximate surface area is 159 Å². The fraction of sp³-hybridized carbons (Fsp3) is 0.0588. The second-order valence-electron chi connectivity index (χ2n) is 6.03. The van der Waals surface area contributed by atoms with Crippen molar-refractivity contribution in [1.82, 2.24) is 9.29 Å². The van der Waals surface area contributed by atoms with E-state index in [1.807, 2.05) is 0 Å². The second kappa shape index (κ2) is 5.96. The van der Waals surface area contributed by atoms with Crippen molar-refractivity contribution in [3.63, 3.8) is 0 Å². The van der Waals surface area contributed by atoms with E-state index >= 15 is 0 Å². The molecule has 0 bridgehead atoms. The van der Waals surface area contributed by atoms with Crippen molar-refractivity contribution in [2.24, 2.45) is 7.05 Å². The van der Waals surface area contributed by atoms with Crippen molar-refractivity contribution >= 4 is 50.8 Å². The smallest absolute Gasteiger partial charge is 0.272 e. The van der Waals surface area contributed by atoms with Crippen LogP contribution in [-0.4, -0.2) is 25.5 Å². The minimum Gasteiger partial charge on any atom is -0.340 e. The number of rotatable bonds is 2. The van der Waals surface area contributed by atoms with E-state index in [4.69, 9.17) is 11.6 Å². The molecule has 1 aliphatic heterocycles. The van der Waals surface area contributed by atoms with Crippen molar-refractivity contribution in [3.05, 3.63) is 58.5 Å². The molecule has 0 unspecified atom stereocenters. The zero-order chi connectivity index (χ0) is 19.5. The van der Waals surface area contributed by atoms with Gasteiger partial charge in [-0.15, -0.1) is 0 Å². The highest BCUT2D eigenvalue weighted by molar-refractivity contribution is 8.23. The van der Waals surface area contributed by atoms with Crippen LogP contribution in [0.3, 0.4) is 0 Å². The Hall–Kier alpha value is -2.59. The summed E-state index contributed by atoms with van der Waals surface area (Å²) in [5, 5.41) is 2.98. The number of nitrogens with one attached hydrogen (secondary N) is 2. The third-order valence-electron chi connectivity index (χ3n) is 4.37. The highest BCUT2D eigenvalue weighted by Gasteiger charge is 2.33. The molecule has 3 aromatic rings. The number of amides is 2. The Bertz CT molecular complexity index is 1140. The van der Waals surface area contributed by atoms with Gasteiger partial charge in [-0.1, -0.05) is 22.4 Å². The normalized spacial score (nSPS) is 16.1. The number of nitrogens with zero attached hydrogens (tertiary/aromatic N) is 1. The summed E-state index contributed by atoms with van der Waals surface area (Å²) in [5.41, 5.74) is 1.21. The van der Waals surface area contributed by atoms with E-state index in [1.165, 1.54) is 36.4 Å². The summed E-state index contributed by atoms with van der Waals surface area (Å²) in [4.78, 5) is 24.6. The average Bonchev–Trinajstić information content (AvgIpc) is 3.06. The number of anilines is 1. The lowest BCUT2D eigenvalue weighted by Gasteiger charge is -2.26. The molecule has 2 heterocycles. The van der Waals surface area contributed by atoms with Crippen LogP contribution in [0.4, 0.5) is 10.1 Å². The maximum Gasteiger partial charge on any atom is 0.272 e. The van der Waals surface area contributed by atoms with Gasteiger partial charge in [0.2, 0.25) is 0 Å². The highest BCUT2D eigenvalue weighted by atomic mass is 35.5. The molecule has 4 N–H and O–H groups in total. The van der Waals surface area contributed by atoms with Crippen molar-refractivity contribution in [1.29, 1.82) is 0 Å². The predicted octanol–water partition coefficient (Wildman–Crippen LogP) is 3.99. The summed E-state index contributed by atoms with van der Waals surface area (Å²) < 4.78 is 36.9. The number of fused-ring (bicyclic) bond motifs is 2. The van der Waals surface area contributed by atoms with Crippen molar-refractivity contribution in [3.8, 4) is 0 Å². The predicted molar refractivity (Wildman–Crippen MR) is 101 cm³/mol. The number of aryl methyl sites for hydroxylation is 1. The Morgan fingerprint density at radius 2 is 2.00 bits per heavy atom. The van der Waals surface area contributed by atoms with Gasteiger partial charge >= 0.3 is 0 Å². The molecule has 2 amide bonds. The molecule has 4 rings (SSSR count). The summed E-state index contributed by atoms with van der Waals surface area (Å²) >= 11 is 5.97. The first-order valence-electron chi connectivity index (χ1n) is 7.68. The molecule has 0 atom stereocenters. The minimum atomic E-state index is -3.35. The number of hydrogen-bond donors (Lipinski definition) is 4. The van der Waals surface area contributed by atoms with Gasteiger partial charge in [-0.05, 0) is 36.4 Å². The van der Waals surface area contributed by atoms with Crippen LogP contribution in [0, 0.1) is 5.82 Å². The lowest BCUT2D eigenvalue weighted by molar-refractivity contribution is 0.0980. The summed E-state index contributed by atoms with van der Waals surface area (Å²) in [7, 11) is -1.70. The van der Waals surface area contributed by atoms with Crippen LogP contribution >= 0.6 is 22.4 Å². The molecular formula is C17H13ClFN3O4S. The molecule has 27 heavy (non-hydrogen) atoms. The Morgan fingerprint density at radius 3 is 2.74 bits per heavy atom. The van der Waals surface area contributed by atoms with Gasteiger partial charge < -0.3 is 9.88 Å². The fourth-order valence-electron chi connectivity index (χ4n) is 3.03. The standard InChI is InChI=1S/C17H13ClFN3O4S/c1-22-12-4-3-11(19)15(18)9(12)7-13(22)17(24)20-8-2-5-14-10(6-8)16(23)21-27(14,25)26/h2-7,25-26H,1H3,(H,20,24)(H,21,23). The van der Waals surface area contributed by atoms with Crippen LogP contribution in [0.1, 0.15) is 20.8 Å². The van der Waals surface area contributed by atoms with E-state index in [-0.39, 0.29) is 21.2 Å². The molecule has 0 fully saturated rings. The molecule has 10 heteroatoms. The zero-order valence-corrected chi connectivity index (χ0v) is 15.4. The first-order chi connectivity index (χ1) is 12.7. The zero-order valence-electron chi connectivity index (χ0n) is 13.8. The molecule has 0 radical (unpaired) electrons. The Kier molecular flexibility index (Phi) is 3.93. The average molecular weight is 410 g/mol. The van der Waals surface area contributed by atoms with E-state index in [1.54, 1.807) is 11.6 Å². The van der Waals surface area contributed by atoms with Gasteiger partial charge in [0, 0.05) is 18.1 Å². The van der Waals surface area contributed by atoms with Gasteiger partial charge in [-0.2, -0.15) is 0 Å². The van der Waals surface area contributed by atoms with Gasteiger partial charge in [0.15, 0.2) is 0 Å². The van der Waals surface area contributed by atoms with Crippen molar-refractivity contribution < 1.29 is 23.1 Å². The first-order valence-corrected chi connectivity index (χ1v) is 9.60. The molecule has 140 valence electrons. The molecule has 2 aromatic carbocycles. The fourth-order valence-corrected chi connectivity index (χ4v) is 4.44. The lowest BCUT2D eigenvalue weighted by Crippen LogP contribution is -2.18. The summed E-state index contributed by atoms with van der Waals surface area (Å²) in [6, 6.07) is 8.42. The molecule has 7 nitrogen and oxygen atoms in total. The van der Waals surface area contributed by atoms with E-state index in [0.717, 1.165) is 0 Å². The molecule has 0 spiro atoms. The lowest BCUT2D eigenvalue weighted by atomic mass is 10.2. The van der Waals surface area contributed by atoms with Gasteiger partial charge in [-0.3, -0.25) is 18.7 Å². The van der Waals surface area contributed by atoms with Crippen LogP contribution < -0.4 is 10.0 Å². The number of carbonyl (C=O) groups is 2. The molecule has 0 saturated carbocycles. The van der Waals surface area contributed by atoms with Crippen LogP contribution in [0.25, 0.3) is 10.9 Å². The van der Waals surface area contributed by atoms with E-state index in [2.05, 4.69) is 10.0 Å². The largest absolute Gasteiger partial charge is 0.340 e. The first kappa shape index (κ1) is 17.8. The molecule has 0 saturated heterocycles. The minimum absolute atomic E-state index is 0.0680. The van der Waals surface area contributed by atoms with Crippen LogP contribution in [0.15, 0.2) is 41.3 Å². The number of carbonyl (C=O) groups excluding carboxylic acids is 2. The van der Waals surface area contributed by atoms with Crippen molar-refractivity contribution in [2.45, 2.75) is 4.90 Å². The summed E-state index contributed by atoms with van der Waals surface area (Å²) in [6.07, 6.45) is 0. The monoisotopic (exact) mass is 409 g/mol. The summed E-state index contributed by atoms with van der Waals surface area (Å²) in [5.74, 6) is -1.70. The third-order valence-corrected chi connectivity index (χ3v) is 6.19. The summed E-state index contributed by atoms with van der Waals surface area (Å²) in [6.45, 7) is 0. The van der Waals surface area contributed by atoms with E-state index < -0.39 is 28.4 Å². The quantitative estimate of drug-likeness (QED) is 0.513. The highest BCUT2D eigenvalue weighted by Crippen LogP contribution is 2.51. The van der Waals surface area contributed by atoms with Gasteiger partial charge in [0.05, 0.1) is 21.0 Å². The molecule has 0 aliphatic carbocycles. The second-order valence-corrected chi connectivity index (χ2v) is 8.15. The Balaban J connectivity index is 1.69. The Morgan fingerprint density at radius 1 is 1.26 bits per heavy atom. The molecule has 1 aliphatic rings. The van der Waals surface area contributed by atoms with Gasteiger partial charge in [-0.25, -0.2) is 9.11 Å².